The van der Waals surface area contributed by atoms with Crippen LogP contribution >= 0.6 is 0 Å². The zero-order valence-electron chi connectivity index (χ0n) is 15.7. The Morgan fingerprint density at radius 3 is 2.65 bits per heavy atom. The molecule has 1 N–H and O–H groups in total. The normalized spacial score (nSPS) is 23.8. The van der Waals surface area contributed by atoms with Crippen molar-refractivity contribution in [1.29, 1.82) is 0 Å². The monoisotopic (exact) mass is 362 g/mol. The molecule has 7 heteroatoms. The molecular weight excluding hydrogens is 336 g/mol. The number of benzene rings is 1. The fraction of sp³-hybridized carbons (Fsp3) is 0.579. The van der Waals surface area contributed by atoms with E-state index in [1.807, 2.05) is 0 Å². The number of aryl methyl sites for hydroxylation is 1. The molecule has 142 valence electrons. The van der Waals surface area contributed by atoms with E-state index in [0.29, 0.717) is 17.4 Å². The van der Waals surface area contributed by atoms with Crippen molar-refractivity contribution in [1.82, 2.24) is 5.32 Å². The standard InChI is InChI=1S/C19H26N2O5/c1-11-6-5-7-16(13(11)3)20-18(22)14(4)26-19(23)15-9-8-12(2)17(10-15)21(24)25/h8-11,13-14,16H,5-7H2,1-4H3,(H,20,22)/t11-,13-,14-,16-/m0/s1. The molecule has 0 radical (unpaired) electrons. The Hall–Kier alpha value is -2.44. The largest absolute Gasteiger partial charge is 0.449 e. The Labute approximate surface area is 153 Å². The van der Waals surface area contributed by atoms with Gasteiger partial charge in [0.05, 0.1) is 10.5 Å². The van der Waals surface area contributed by atoms with E-state index >= 15 is 0 Å². The lowest BCUT2D eigenvalue weighted by molar-refractivity contribution is -0.385. The molecule has 2 rings (SSSR count). The third-order valence-electron chi connectivity index (χ3n) is 5.33. The molecule has 1 aliphatic rings. The number of nitrogens with zero attached hydrogens (tertiary/aromatic N) is 1. The molecule has 0 bridgehead atoms. The second-order valence-electron chi connectivity index (χ2n) is 7.19. The van der Waals surface area contributed by atoms with Gasteiger partial charge < -0.3 is 10.1 Å². The summed E-state index contributed by atoms with van der Waals surface area (Å²) in [4.78, 5) is 35.0. The van der Waals surface area contributed by atoms with E-state index in [4.69, 9.17) is 4.74 Å². The van der Waals surface area contributed by atoms with E-state index in [1.54, 1.807) is 6.92 Å². The smallest absolute Gasteiger partial charge is 0.339 e. The highest BCUT2D eigenvalue weighted by Crippen LogP contribution is 2.29. The number of hydrogen-bond donors (Lipinski definition) is 1. The lowest BCUT2D eigenvalue weighted by Crippen LogP contribution is -2.47. The van der Waals surface area contributed by atoms with Crippen LogP contribution in [0.5, 0.6) is 0 Å². The SMILES string of the molecule is Cc1ccc(C(=O)O[C@@H](C)C(=O)N[C@H]2CCC[C@H](C)[C@@H]2C)cc1[N+](=O)[O-]. The van der Waals surface area contributed by atoms with Gasteiger partial charge in [-0.2, -0.15) is 0 Å². The molecule has 1 saturated carbocycles. The second-order valence-corrected chi connectivity index (χ2v) is 7.19. The Kier molecular flexibility index (Phi) is 6.34. The number of carbonyl (C=O) groups excluding carboxylic acids is 2. The van der Waals surface area contributed by atoms with Gasteiger partial charge in [0.1, 0.15) is 0 Å². The predicted molar refractivity (Wildman–Crippen MR) is 96.8 cm³/mol. The van der Waals surface area contributed by atoms with Crippen LogP contribution in [0.3, 0.4) is 0 Å². The molecule has 1 aromatic carbocycles. The molecule has 1 aliphatic carbocycles. The third kappa shape index (κ3) is 4.59. The molecule has 0 saturated heterocycles. The van der Waals surface area contributed by atoms with Crippen LogP contribution in [0, 0.1) is 28.9 Å². The molecule has 1 fully saturated rings. The summed E-state index contributed by atoms with van der Waals surface area (Å²) < 4.78 is 5.20. The number of carbonyl (C=O) groups is 2. The van der Waals surface area contributed by atoms with Gasteiger partial charge in [-0.05, 0) is 38.2 Å². The number of esters is 1. The highest BCUT2D eigenvalue weighted by molar-refractivity contribution is 5.93. The van der Waals surface area contributed by atoms with Crippen LogP contribution < -0.4 is 5.32 Å². The minimum Gasteiger partial charge on any atom is -0.449 e. The summed E-state index contributed by atoms with van der Waals surface area (Å²) in [7, 11) is 0. The maximum Gasteiger partial charge on any atom is 0.339 e. The molecule has 0 heterocycles. The zero-order chi connectivity index (χ0) is 19.4. The number of hydrogen-bond acceptors (Lipinski definition) is 5. The zero-order valence-corrected chi connectivity index (χ0v) is 15.7. The fourth-order valence-electron chi connectivity index (χ4n) is 3.30. The van der Waals surface area contributed by atoms with Crippen LogP contribution in [-0.2, 0) is 9.53 Å². The van der Waals surface area contributed by atoms with Crippen LogP contribution in [0.4, 0.5) is 5.69 Å². The first kappa shape index (κ1) is 19.9. The van der Waals surface area contributed by atoms with Gasteiger partial charge in [0.2, 0.25) is 0 Å². The highest BCUT2D eigenvalue weighted by atomic mass is 16.6. The van der Waals surface area contributed by atoms with E-state index < -0.39 is 17.0 Å². The number of ether oxygens (including phenoxy) is 1. The Bertz CT molecular complexity index is 703. The van der Waals surface area contributed by atoms with Crippen LogP contribution in [0.25, 0.3) is 0 Å². The molecule has 26 heavy (non-hydrogen) atoms. The van der Waals surface area contributed by atoms with Crippen LogP contribution in [-0.4, -0.2) is 28.9 Å². The summed E-state index contributed by atoms with van der Waals surface area (Å²) in [6, 6.07) is 4.20. The minimum absolute atomic E-state index is 0.0570. The van der Waals surface area contributed by atoms with Crippen molar-refractivity contribution in [3.8, 4) is 0 Å². The van der Waals surface area contributed by atoms with Crippen LogP contribution in [0.2, 0.25) is 0 Å². The van der Waals surface area contributed by atoms with Crippen LogP contribution in [0.15, 0.2) is 18.2 Å². The highest BCUT2D eigenvalue weighted by Gasteiger charge is 2.30. The molecule has 0 unspecified atom stereocenters. The van der Waals surface area contributed by atoms with Crippen molar-refractivity contribution >= 4 is 17.6 Å². The Morgan fingerprint density at radius 2 is 2.00 bits per heavy atom. The molecular formula is C19H26N2O5. The lowest BCUT2D eigenvalue weighted by Gasteiger charge is -2.35. The summed E-state index contributed by atoms with van der Waals surface area (Å²) in [5.74, 6) is -0.179. The van der Waals surface area contributed by atoms with E-state index in [2.05, 4.69) is 19.2 Å². The maximum atomic E-state index is 12.4. The number of nitro groups is 1. The van der Waals surface area contributed by atoms with Gasteiger partial charge in [0.25, 0.3) is 11.6 Å². The number of rotatable bonds is 5. The fourth-order valence-corrected chi connectivity index (χ4v) is 3.30. The number of nitro benzene ring substituents is 1. The summed E-state index contributed by atoms with van der Waals surface area (Å²) in [5.41, 5.74) is 0.362. The van der Waals surface area contributed by atoms with Gasteiger partial charge in [-0.15, -0.1) is 0 Å². The molecule has 0 aromatic heterocycles. The van der Waals surface area contributed by atoms with E-state index in [-0.39, 0.29) is 23.2 Å². The maximum absolute atomic E-state index is 12.4. The quantitative estimate of drug-likeness (QED) is 0.492. The van der Waals surface area contributed by atoms with Crippen molar-refractivity contribution in [2.24, 2.45) is 11.8 Å². The first-order valence-electron chi connectivity index (χ1n) is 8.97. The first-order chi connectivity index (χ1) is 12.2. The van der Waals surface area contributed by atoms with Crippen LogP contribution in [0.1, 0.15) is 56.0 Å². The summed E-state index contributed by atoms with van der Waals surface area (Å²) in [5, 5.41) is 14.0. The van der Waals surface area contributed by atoms with Gasteiger partial charge in [-0.1, -0.05) is 32.8 Å². The van der Waals surface area contributed by atoms with Gasteiger partial charge in [-0.25, -0.2) is 4.79 Å². The summed E-state index contributed by atoms with van der Waals surface area (Å²) >= 11 is 0. The lowest BCUT2D eigenvalue weighted by atomic mass is 9.78. The van der Waals surface area contributed by atoms with Gasteiger partial charge >= 0.3 is 5.97 Å². The summed E-state index contributed by atoms with van der Waals surface area (Å²) in [6.07, 6.45) is 2.18. The van der Waals surface area contributed by atoms with Gasteiger partial charge in [-0.3, -0.25) is 14.9 Å². The Morgan fingerprint density at radius 1 is 1.31 bits per heavy atom. The number of amides is 1. The van der Waals surface area contributed by atoms with Crippen molar-refractivity contribution in [3.05, 3.63) is 39.4 Å². The van der Waals surface area contributed by atoms with Crippen molar-refractivity contribution in [3.63, 3.8) is 0 Å². The first-order valence-corrected chi connectivity index (χ1v) is 8.97. The minimum atomic E-state index is -0.965. The van der Waals surface area contributed by atoms with Gasteiger partial charge in [0, 0.05) is 17.7 Å². The topological polar surface area (TPSA) is 98.5 Å². The molecule has 1 amide bonds. The van der Waals surface area contributed by atoms with Crippen molar-refractivity contribution in [2.45, 2.75) is 59.1 Å². The Balaban J connectivity index is 1.99. The molecule has 0 aliphatic heterocycles. The second kappa shape index (κ2) is 8.29. The van der Waals surface area contributed by atoms with E-state index in [1.165, 1.54) is 25.1 Å². The van der Waals surface area contributed by atoms with E-state index in [0.717, 1.165) is 19.3 Å². The van der Waals surface area contributed by atoms with Crippen molar-refractivity contribution in [2.75, 3.05) is 0 Å². The molecule has 0 spiro atoms. The third-order valence-corrected chi connectivity index (χ3v) is 5.33. The molecule has 7 nitrogen and oxygen atoms in total. The van der Waals surface area contributed by atoms with E-state index in [9.17, 15) is 19.7 Å². The molecule has 4 atom stereocenters. The average molecular weight is 362 g/mol. The molecule has 1 aromatic rings. The summed E-state index contributed by atoms with van der Waals surface area (Å²) in [6.45, 7) is 7.40. The predicted octanol–water partition coefficient (Wildman–Crippen LogP) is 3.39. The average Bonchev–Trinajstić information content (AvgIpc) is 2.58. The van der Waals surface area contributed by atoms with Gasteiger partial charge in [0.15, 0.2) is 6.10 Å². The van der Waals surface area contributed by atoms with Crippen molar-refractivity contribution < 1.29 is 19.2 Å². The number of nitrogens with one attached hydrogen (secondary N) is 1.